The van der Waals surface area contributed by atoms with Crippen LogP contribution in [0.25, 0.3) is 0 Å². The van der Waals surface area contributed by atoms with Crippen molar-refractivity contribution in [2.24, 2.45) is 17.1 Å². The van der Waals surface area contributed by atoms with Gasteiger partial charge < -0.3 is 31.5 Å². The molecule has 0 saturated carbocycles. The van der Waals surface area contributed by atoms with Crippen LogP contribution in [0.5, 0.6) is 11.5 Å². The van der Waals surface area contributed by atoms with Gasteiger partial charge in [-0.2, -0.15) is 0 Å². The van der Waals surface area contributed by atoms with E-state index in [0.717, 1.165) is 19.3 Å². The van der Waals surface area contributed by atoms with Gasteiger partial charge in [-0.05, 0) is 73.2 Å². The highest BCUT2D eigenvalue weighted by molar-refractivity contribution is 5.94. The molecule has 5 atom stereocenters. The molecule has 0 bridgehead atoms. The summed E-state index contributed by atoms with van der Waals surface area (Å²) in [7, 11) is 1.64. The van der Waals surface area contributed by atoms with E-state index in [0.29, 0.717) is 29.9 Å². The van der Waals surface area contributed by atoms with Gasteiger partial charge in [-0.15, -0.1) is 0 Å². The summed E-state index contributed by atoms with van der Waals surface area (Å²) in [5.41, 5.74) is 9.09. The summed E-state index contributed by atoms with van der Waals surface area (Å²) < 4.78 is 0. The number of carbonyl (C=O) groups excluding carboxylic acids is 3. The Labute approximate surface area is 222 Å². The number of carbonyl (C=O) groups is 3. The molecule has 3 unspecified atom stereocenters. The average molecular weight is 521 g/mol. The number of aromatic hydroxyl groups is 2. The molecule has 1 aliphatic carbocycles. The number of amides is 3. The predicted octanol–water partition coefficient (Wildman–Crippen LogP) is 1.69. The van der Waals surface area contributed by atoms with Crippen molar-refractivity contribution in [3.05, 3.63) is 58.7 Å². The molecule has 9 heteroatoms. The third-order valence-electron chi connectivity index (χ3n) is 8.68. The number of hydrogen-bond acceptors (Lipinski definition) is 6. The maximum atomic E-state index is 14.0. The molecular formula is C29H36N4O5. The molecule has 2 heterocycles. The van der Waals surface area contributed by atoms with E-state index in [-0.39, 0.29) is 30.4 Å². The lowest BCUT2D eigenvalue weighted by Crippen LogP contribution is -2.56. The first-order valence-electron chi connectivity index (χ1n) is 13.3. The Morgan fingerprint density at radius 3 is 2.55 bits per heavy atom. The van der Waals surface area contributed by atoms with Crippen LogP contribution in [0, 0.1) is 11.3 Å². The second-order valence-electron chi connectivity index (χ2n) is 11.4. The van der Waals surface area contributed by atoms with Gasteiger partial charge in [-0.1, -0.05) is 37.3 Å². The van der Waals surface area contributed by atoms with Crippen molar-refractivity contribution in [3.63, 3.8) is 0 Å². The molecule has 38 heavy (non-hydrogen) atoms. The molecule has 2 aromatic carbocycles. The summed E-state index contributed by atoms with van der Waals surface area (Å²) in [6.45, 7) is 2.03. The molecule has 0 aromatic heterocycles. The fourth-order valence-electron chi connectivity index (χ4n) is 7.17. The molecule has 1 fully saturated rings. The van der Waals surface area contributed by atoms with Crippen molar-refractivity contribution >= 4 is 17.7 Å². The van der Waals surface area contributed by atoms with E-state index in [9.17, 15) is 24.6 Å². The van der Waals surface area contributed by atoms with Crippen LogP contribution in [0.2, 0.25) is 0 Å². The van der Waals surface area contributed by atoms with Gasteiger partial charge in [0.1, 0.15) is 12.1 Å². The topological polar surface area (TPSA) is 145 Å². The summed E-state index contributed by atoms with van der Waals surface area (Å²) >= 11 is 0. The third kappa shape index (κ3) is 4.49. The molecule has 5 rings (SSSR count). The first-order chi connectivity index (χ1) is 18.1. The zero-order valence-corrected chi connectivity index (χ0v) is 21.9. The maximum absolute atomic E-state index is 14.0. The van der Waals surface area contributed by atoms with Gasteiger partial charge in [0.15, 0.2) is 11.5 Å². The minimum Gasteiger partial charge on any atom is -0.504 e. The first kappa shape index (κ1) is 26.0. The van der Waals surface area contributed by atoms with Gasteiger partial charge in [0.25, 0.3) is 0 Å². The number of nitrogens with two attached hydrogens (primary N) is 1. The molecule has 2 aliphatic heterocycles. The smallest absolute Gasteiger partial charge is 0.246 e. The van der Waals surface area contributed by atoms with Crippen molar-refractivity contribution in [2.45, 2.75) is 63.6 Å². The van der Waals surface area contributed by atoms with Crippen LogP contribution in [-0.2, 0) is 33.6 Å². The number of fused-ring (bicyclic) bond motifs is 4. The summed E-state index contributed by atoms with van der Waals surface area (Å²) in [4.78, 5) is 41.1. The number of phenols is 2. The molecule has 6 N–H and O–H groups in total. The molecule has 202 valence electrons. The molecule has 1 saturated heterocycles. The highest BCUT2D eigenvalue weighted by Gasteiger charge is 2.57. The summed E-state index contributed by atoms with van der Waals surface area (Å²) in [5.74, 6) is -1.65. The number of primary amides is 1. The number of benzene rings is 2. The van der Waals surface area contributed by atoms with E-state index < -0.39 is 35.4 Å². The average Bonchev–Trinajstić information content (AvgIpc) is 3.12. The standard InChI is InChI=1S/C29H36N4O5/c1-29(13-16-7-8-17-5-3-4-6-18(17)11-16)14-21-24-19(9-10-22(34)25(24)36)12-20(32-23(35)15-31-2)28(38)33(21)26(29)27(30)37/h3-6,9-10,16,20-21,26,31,34,36H,7-8,11-15H2,1-2H3,(H2,30,37)(H,32,35)/t16?,20-,21+,26?,29?/m0/s1. The first-order valence-corrected chi connectivity index (χ1v) is 13.3. The Hall–Kier alpha value is -3.59. The number of rotatable bonds is 6. The lowest BCUT2D eigenvalue weighted by atomic mass is 9.69. The van der Waals surface area contributed by atoms with E-state index >= 15 is 0 Å². The molecular weight excluding hydrogens is 484 g/mol. The van der Waals surface area contributed by atoms with Crippen LogP contribution >= 0.6 is 0 Å². The van der Waals surface area contributed by atoms with Crippen LogP contribution in [0.4, 0.5) is 0 Å². The second-order valence-corrected chi connectivity index (χ2v) is 11.4. The SMILES string of the molecule is CNCC(=O)N[C@H]1Cc2ccc(O)c(O)c2[C@H]2CC(C)(CC3CCc4ccccc4C3)C(C(N)=O)N2C1=O. The van der Waals surface area contributed by atoms with Crippen LogP contribution in [0.15, 0.2) is 36.4 Å². The van der Waals surface area contributed by atoms with E-state index in [1.807, 2.05) is 13.0 Å². The highest BCUT2D eigenvalue weighted by atomic mass is 16.3. The van der Waals surface area contributed by atoms with E-state index in [2.05, 4.69) is 28.8 Å². The van der Waals surface area contributed by atoms with Gasteiger partial charge in [0, 0.05) is 12.0 Å². The number of phenolic OH excluding ortho intramolecular Hbond substituents is 2. The Balaban J connectivity index is 1.54. The van der Waals surface area contributed by atoms with Crippen LogP contribution in [0.3, 0.4) is 0 Å². The molecule has 9 nitrogen and oxygen atoms in total. The number of aryl methyl sites for hydroxylation is 1. The van der Waals surface area contributed by atoms with Crippen molar-refractivity contribution in [1.29, 1.82) is 0 Å². The zero-order chi connectivity index (χ0) is 27.2. The minimum absolute atomic E-state index is 0.0288. The third-order valence-corrected chi connectivity index (χ3v) is 8.68. The van der Waals surface area contributed by atoms with Crippen molar-refractivity contribution in [1.82, 2.24) is 15.5 Å². The number of nitrogens with zero attached hydrogens (tertiary/aromatic N) is 1. The van der Waals surface area contributed by atoms with Crippen LogP contribution < -0.4 is 16.4 Å². The van der Waals surface area contributed by atoms with Gasteiger partial charge in [-0.3, -0.25) is 14.4 Å². The Morgan fingerprint density at radius 2 is 1.84 bits per heavy atom. The van der Waals surface area contributed by atoms with Crippen molar-refractivity contribution in [3.8, 4) is 11.5 Å². The minimum atomic E-state index is -0.936. The molecule has 3 amide bonds. The van der Waals surface area contributed by atoms with Crippen LogP contribution in [0.1, 0.15) is 54.5 Å². The summed E-state index contributed by atoms with van der Waals surface area (Å²) in [6.07, 6.45) is 4.04. The zero-order valence-electron chi connectivity index (χ0n) is 21.9. The number of likely N-dealkylation sites (N-methyl/N-ethyl adjacent to an activating group) is 1. The van der Waals surface area contributed by atoms with E-state index in [1.165, 1.54) is 22.1 Å². The Bertz CT molecular complexity index is 1280. The van der Waals surface area contributed by atoms with E-state index in [4.69, 9.17) is 5.73 Å². The molecule has 3 aliphatic rings. The fraction of sp³-hybridized carbons (Fsp3) is 0.483. The second kappa shape index (κ2) is 9.94. The monoisotopic (exact) mass is 520 g/mol. The lowest BCUT2D eigenvalue weighted by molar-refractivity contribution is -0.144. The van der Waals surface area contributed by atoms with E-state index in [1.54, 1.807) is 13.1 Å². The van der Waals surface area contributed by atoms with Crippen molar-refractivity contribution < 1.29 is 24.6 Å². The van der Waals surface area contributed by atoms with Gasteiger partial charge in [0.05, 0.1) is 12.6 Å². The highest BCUT2D eigenvalue weighted by Crippen LogP contribution is 2.56. The van der Waals surface area contributed by atoms with Gasteiger partial charge in [-0.25, -0.2) is 0 Å². The van der Waals surface area contributed by atoms with Crippen LogP contribution in [-0.4, -0.2) is 58.5 Å². The molecule has 0 radical (unpaired) electrons. The normalized spacial score (nSPS) is 28.2. The Kier molecular flexibility index (Phi) is 6.81. The predicted molar refractivity (Wildman–Crippen MR) is 141 cm³/mol. The fourth-order valence-corrected chi connectivity index (χ4v) is 7.17. The Morgan fingerprint density at radius 1 is 1.11 bits per heavy atom. The molecule has 2 aromatic rings. The van der Waals surface area contributed by atoms with Gasteiger partial charge in [0.2, 0.25) is 17.7 Å². The summed E-state index contributed by atoms with van der Waals surface area (Å²) in [5, 5.41) is 26.9. The quantitative estimate of drug-likeness (QED) is 0.367. The van der Waals surface area contributed by atoms with Gasteiger partial charge >= 0.3 is 0 Å². The molecule has 0 spiro atoms. The largest absolute Gasteiger partial charge is 0.504 e. The number of nitrogens with one attached hydrogen (secondary N) is 2. The van der Waals surface area contributed by atoms with Crippen molar-refractivity contribution in [2.75, 3.05) is 13.6 Å². The summed E-state index contributed by atoms with van der Waals surface area (Å²) in [6, 6.07) is 8.95. The lowest BCUT2D eigenvalue weighted by Gasteiger charge is -2.38. The maximum Gasteiger partial charge on any atom is 0.246 e. The number of hydrogen-bond donors (Lipinski definition) is 5.